The van der Waals surface area contributed by atoms with Crippen molar-refractivity contribution in [2.24, 2.45) is 0 Å². The molecule has 162 valence electrons. The standard InChI is InChI=1S/C18H34N2O6SSi/c1-17(2,3)25-16(21)20-12-15(26-28(7,8)18(4,5)6)11-14(20)13-24-27(22,23)10-9-19/h14-15H,10-13H2,1-8H3/t14-,15+/m0/s1. The van der Waals surface area contributed by atoms with Crippen LogP contribution in [0.3, 0.4) is 0 Å². The SMILES string of the molecule is CC(C)(C)OC(=O)N1C[C@H](O[Si](C)(C)C(C)(C)C)C[C@H]1COS(=O)(=O)CC#N. The van der Waals surface area contributed by atoms with Gasteiger partial charge < -0.3 is 14.1 Å². The van der Waals surface area contributed by atoms with Crippen molar-refractivity contribution in [3.05, 3.63) is 0 Å². The van der Waals surface area contributed by atoms with Crippen molar-refractivity contribution < 1.29 is 26.6 Å². The van der Waals surface area contributed by atoms with Crippen LogP contribution >= 0.6 is 0 Å². The number of carbonyl (C=O) groups is 1. The molecular formula is C18H34N2O6SSi. The van der Waals surface area contributed by atoms with E-state index in [0.29, 0.717) is 13.0 Å². The van der Waals surface area contributed by atoms with Gasteiger partial charge in [-0.2, -0.15) is 13.7 Å². The Kier molecular flexibility index (Phi) is 7.72. The predicted molar refractivity (Wildman–Crippen MR) is 109 cm³/mol. The van der Waals surface area contributed by atoms with Gasteiger partial charge in [-0.3, -0.25) is 4.18 Å². The molecule has 1 amide bonds. The van der Waals surface area contributed by atoms with Gasteiger partial charge >= 0.3 is 6.09 Å². The molecular weight excluding hydrogens is 400 g/mol. The molecule has 28 heavy (non-hydrogen) atoms. The summed E-state index contributed by atoms with van der Waals surface area (Å²) in [6, 6.07) is 1.07. The van der Waals surface area contributed by atoms with Gasteiger partial charge in [0.2, 0.25) is 0 Å². The van der Waals surface area contributed by atoms with E-state index >= 15 is 0 Å². The van der Waals surface area contributed by atoms with E-state index in [0.717, 1.165) is 0 Å². The van der Waals surface area contributed by atoms with Crippen LogP contribution in [0, 0.1) is 11.3 Å². The molecule has 1 rings (SSSR count). The monoisotopic (exact) mass is 434 g/mol. The fraction of sp³-hybridized carbons (Fsp3) is 0.889. The summed E-state index contributed by atoms with van der Waals surface area (Å²) in [4.78, 5) is 14.1. The second kappa shape index (κ2) is 8.69. The average molecular weight is 435 g/mol. The van der Waals surface area contributed by atoms with Crippen LogP contribution in [0.5, 0.6) is 0 Å². The molecule has 0 aromatic rings. The van der Waals surface area contributed by atoms with Crippen LogP contribution in [-0.4, -0.2) is 64.4 Å². The van der Waals surface area contributed by atoms with Gasteiger partial charge in [0.05, 0.1) is 24.8 Å². The molecule has 0 radical (unpaired) electrons. The number of carbonyl (C=O) groups excluding carboxylic acids is 1. The van der Waals surface area contributed by atoms with Crippen LogP contribution in [0.25, 0.3) is 0 Å². The van der Waals surface area contributed by atoms with E-state index in [4.69, 9.17) is 18.6 Å². The van der Waals surface area contributed by atoms with Crippen LogP contribution in [-0.2, 0) is 23.5 Å². The third kappa shape index (κ3) is 7.35. The van der Waals surface area contributed by atoms with Gasteiger partial charge in [-0.25, -0.2) is 4.79 Å². The molecule has 10 heteroatoms. The minimum absolute atomic E-state index is 0.00840. The third-order valence-corrected chi connectivity index (χ3v) is 10.5. The first-order valence-corrected chi connectivity index (χ1v) is 13.9. The normalized spacial score (nSPS) is 21.5. The van der Waals surface area contributed by atoms with Crippen LogP contribution in [0.15, 0.2) is 0 Å². The van der Waals surface area contributed by atoms with E-state index in [-0.39, 0.29) is 17.7 Å². The first kappa shape index (κ1) is 24.9. The summed E-state index contributed by atoms with van der Waals surface area (Å²) in [5.41, 5.74) is -0.673. The summed E-state index contributed by atoms with van der Waals surface area (Å²) in [6.07, 6.45) is -0.297. The lowest BCUT2D eigenvalue weighted by molar-refractivity contribution is 0.0176. The number of rotatable bonds is 6. The summed E-state index contributed by atoms with van der Waals surface area (Å²) < 4.78 is 40.3. The maximum atomic E-state index is 12.6. The Hall–Kier alpha value is -1.15. The van der Waals surface area contributed by atoms with Crippen molar-refractivity contribution in [3.63, 3.8) is 0 Å². The Labute approximate surface area is 170 Å². The maximum absolute atomic E-state index is 12.6. The molecule has 0 saturated carbocycles. The Morgan fingerprint density at radius 1 is 1.21 bits per heavy atom. The molecule has 0 aromatic carbocycles. The van der Waals surface area contributed by atoms with Crippen molar-refractivity contribution in [2.75, 3.05) is 18.9 Å². The first-order valence-electron chi connectivity index (χ1n) is 9.39. The van der Waals surface area contributed by atoms with Gasteiger partial charge in [0.1, 0.15) is 5.60 Å². The van der Waals surface area contributed by atoms with Gasteiger partial charge in [0.25, 0.3) is 10.1 Å². The highest BCUT2D eigenvalue weighted by atomic mass is 32.2. The zero-order valence-electron chi connectivity index (χ0n) is 18.2. The van der Waals surface area contributed by atoms with E-state index in [1.807, 2.05) is 0 Å². The molecule has 8 nitrogen and oxygen atoms in total. The highest BCUT2D eigenvalue weighted by Gasteiger charge is 2.44. The zero-order valence-corrected chi connectivity index (χ0v) is 20.1. The molecule has 1 aliphatic rings. The molecule has 2 atom stereocenters. The van der Waals surface area contributed by atoms with Gasteiger partial charge in [0, 0.05) is 6.54 Å². The number of nitriles is 1. The number of amides is 1. The molecule has 1 fully saturated rings. The minimum Gasteiger partial charge on any atom is -0.444 e. The predicted octanol–water partition coefficient (Wildman–Crippen LogP) is 3.26. The van der Waals surface area contributed by atoms with Crippen molar-refractivity contribution in [3.8, 4) is 6.07 Å². The fourth-order valence-corrected chi connectivity index (χ4v) is 4.52. The largest absolute Gasteiger partial charge is 0.444 e. The number of likely N-dealkylation sites (tertiary alicyclic amines) is 1. The van der Waals surface area contributed by atoms with E-state index < -0.39 is 41.9 Å². The zero-order chi connectivity index (χ0) is 22.0. The highest BCUT2D eigenvalue weighted by molar-refractivity contribution is 7.86. The van der Waals surface area contributed by atoms with Gasteiger partial charge in [-0.15, -0.1) is 0 Å². The molecule has 0 N–H and O–H groups in total. The lowest BCUT2D eigenvalue weighted by atomic mass is 10.2. The smallest absolute Gasteiger partial charge is 0.410 e. The average Bonchev–Trinajstić information content (AvgIpc) is 2.84. The van der Waals surface area contributed by atoms with Gasteiger partial charge in [0.15, 0.2) is 14.1 Å². The van der Waals surface area contributed by atoms with Gasteiger partial charge in [-0.1, -0.05) is 20.8 Å². The summed E-state index contributed by atoms with van der Waals surface area (Å²) in [5.74, 6) is -0.726. The summed E-state index contributed by atoms with van der Waals surface area (Å²) in [6.45, 7) is 16.1. The maximum Gasteiger partial charge on any atom is 0.410 e. The minimum atomic E-state index is -3.95. The molecule has 1 saturated heterocycles. The van der Waals surface area contributed by atoms with Crippen LogP contribution < -0.4 is 0 Å². The number of hydrogen-bond acceptors (Lipinski definition) is 7. The number of ether oxygens (including phenoxy) is 1. The van der Waals surface area contributed by atoms with Crippen LogP contribution in [0.1, 0.15) is 48.0 Å². The van der Waals surface area contributed by atoms with Crippen LogP contribution in [0.4, 0.5) is 4.79 Å². The fourth-order valence-electron chi connectivity index (χ4n) is 2.56. The van der Waals surface area contributed by atoms with Crippen molar-refractivity contribution >= 4 is 24.5 Å². The number of hydrogen-bond donors (Lipinski definition) is 0. The molecule has 0 unspecified atom stereocenters. The Morgan fingerprint density at radius 3 is 2.25 bits per heavy atom. The Balaban J connectivity index is 2.95. The highest BCUT2D eigenvalue weighted by Crippen LogP contribution is 2.39. The second-order valence-electron chi connectivity index (χ2n) is 9.67. The van der Waals surface area contributed by atoms with Crippen molar-refractivity contribution in [2.45, 2.75) is 83.8 Å². The molecule has 0 aromatic heterocycles. The second-order valence-corrected chi connectivity index (χ2v) is 16.1. The summed E-state index contributed by atoms with van der Waals surface area (Å²) in [7, 11) is -6.02. The quantitative estimate of drug-likeness (QED) is 0.466. The van der Waals surface area contributed by atoms with E-state index in [9.17, 15) is 13.2 Å². The summed E-state index contributed by atoms with van der Waals surface area (Å²) in [5, 5.41) is 8.61. The first-order chi connectivity index (χ1) is 12.5. The van der Waals surface area contributed by atoms with Gasteiger partial charge in [-0.05, 0) is 45.3 Å². The lowest BCUT2D eigenvalue weighted by Crippen LogP contribution is -2.45. The summed E-state index contributed by atoms with van der Waals surface area (Å²) >= 11 is 0. The topological polar surface area (TPSA) is 106 Å². The molecule has 0 spiro atoms. The molecule has 0 aliphatic carbocycles. The third-order valence-electron chi connectivity index (χ3n) is 4.95. The van der Waals surface area contributed by atoms with E-state index in [2.05, 4.69) is 33.9 Å². The molecule has 0 bridgehead atoms. The van der Waals surface area contributed by atoms with E-state index in [1.54, 1.807) is 26.8 Å². The number of nitrogens with zero attached hydrogens (tertiary/aromatic N) is 2. The molecule has 1 heterocycles. The van der Waals surface area contributed by atoms with Crippen LogP contribution in [0.2, 0.25) is 18.1 Å². The van der Waals surface area contributed by atoms with Crippen molar-refractivity contribution in [1.82, 2.24) is 4.90 Å². The van der Waals surface area contributed by atoms with E-state index in [1.165, 1.54) is 4.90 Å². The van der Waals surface area contributed by atoms with Crippen molar-refractivity contribution in [1.29, 1.82) is 5.26 Å². The lowest BCUT2D eigenvalue weighted by Gasteiger charge is -2.38. The Morgan fingerprint density at radius 2 is 1.79 bits per heavy atom. The molecule has 1 aliphatic heterocycles. The Bertz CT molecular complexity index is 703.